The van der Waals surface area contributed by atoms with Crippen molar-refractivity contribution in [3.05, 3.63) is 45.1 Å². The van der Waals surface area contributed by atoms with Crippen LogP contribution < -0.4 is 17.0 Å². The lowest BCUT2D eigenvalue weighted by atomic mass is 9.95. The molecule has 6 nitrogen and oxygen atoms in total. The number of rotatable bonds is 3. The van der Waals surface area contributed by atoms with Gasteiger partial charge in [0.25, 0.3) is 5.56 Å². The van der Waals surface area contributed by atoms with Crippen molar-refractivity contribution in [1.29, 1.82) is 0 Å². The van der Waals surface area contributed by atoms with Crippen LogP contribution in [0.3, 0.4) is 0 Å². The zero-order chi connectivity index (χ0) is 15.7. The molecular formula is C16H19N3O3. The highest BCUT2D eigenvalue weighted by Crippen LogP contribution is 2.26. The number of carbonyl (C=O) groups excluding carboxylic acids is 1. The van der Waals surface area contributed by atoms with E-state index in [1.165, 1.54) is 9.13 Å². The largest absolute Gasteiger partial charge is 0.368 e. The average molecular weight is 301 g/mol. The van der Waals surface area contributed by atoms with Crippen LogP contribution in [0.5, 0.6) is 0 Å². The van der Waals surface area contributed by atoms with E-state index < -0.39 is 11.6 Å². The molecule has 0 radical (unpaired) electrons. The molecule has 1 saturated carbocycles. The lowest BCUT2D eigenvalue weighted by Crippen LogP contribution is -2.44. The molecule has 0 aliphatic heterocycles. The zero-order valence-electron chi connectivity index (χ0n) is 12.3. The molecule has 1 aromatic carbocycles. The van der Waals surface area contributed by atoms with Crippen molar-refractivity contribution in [3.8, 4) is 0 Å². The summed E-state index contributed by atoms with van der Waals surface area (Å²) in [6.07, 6.45) is 4.81. The van der Waals surface area contributed by atoms with Crippen LogP contribution in [-0.4, -0.2) is 15.0 Å². The van der Waals surface area contributed by atoms with Gasteiger partial charge in [0.1, 0.15) is 6.54 Å². The molecule has 1 fully saturated rings. The maximum atomic E-state index is 12.8. The number of amides is 1. The molecule has 116 valence electrons. The van der Waals surface area contributed by atoms with E-state index in [1.807, 2.05) is 0 Å². The van der Waals surface area contributed by atoms with Crippen LogP contribution in [0.4, 0.5) is 0 Å². The molecule has 1 heterocycles. The van der Waals surface area contributed by atoms with E-state index >= 15 is 0 Å². The van der Waals surface area contributed by atoms with Crippen molar-refractivity contribution < 1.29 is 4.79 Å². The van der Waals surface area contributed by atoms with Crippen LogP contribution >= 0.6 is 0 Å². The minimum absolute atomic E-state index is 0.0857. The van der Waals surface area contributed by atoms with Gasteiger partial charge in [-0.2, -0.15) is 0 Å². The van der Waals surface area contributed by atoms with E-state index in [1.54, 1.807) is 24.3 Å². The molecule has 0 bridgehead atoms. The summed E-state index contributed by atoms with van der Waals surface area (Å²) in [5.74, 6) is -0.596. The number of hydrogen-bond donors (Lipinski definition) is 1. The maximum Gasteiger partial charge on any atom is 0.332 e. The normalized spacial score (nSPS) is 16.0. The fourth-order valence-corrected chi connectivity index (χ4v) is 3.31. The summed E-state index contributed by atoms with van der Waals surface area (Å²) >= 11 is 0. The Morgan fingerprint density at radius 2 is 1.82 bits per heavy atom. The lowest BCUT2D eigenvalue weighted by Gasteiger charge is -2.24. The molecule has 1 aliphatic rings. The number of para-hydroxylation sites is 1. The Bertz CT molecular complexity index is 829. The number of nitrogens with two attached hydrogens (primary N) is 1. The number of nitrogens with zero attached hydrogens (tertiary/aromatic N) is 2. The Kier molecular flexibility index (Phi) is 3.83. The van der Waals surface area contributed by atoms with E-state index in [4.69, 9.17) is 5.73 Å². The third kappa shape index (κ3) is 2.45. The van der Waals surface area contributed by atoms with Crippen molar-refractivity contribution in [1.82, 2.24) is 9.13 Å². The van der Waals surface area contributed by atoms with Crippen molar-refractivity contribution in [3.63, 3.8) is 0 Å². The van der Waals surface area contributed by atoms with Crippen LogP contribution in [0.25, 0.3) is 10.9 Å². The van der Waals surface area contributed by atoms with Crippen LogP contribution in [0.15, 0.2) is 33.9 Å². The number of benzene rings is 1. The standard InChI is InChI=1S/C16H19N3O3/c17-14(20)10-18-13-9-5-4-8-12(13)15(21)19(16(18)22)11-6-2-1-3-7-11/h4-5,8-9,11H,1-3,6-7,10H2,(H2,17,20). The molecule has 2 aromatic rings. The molecule has 0 unspecified atom stereocenters. The second-order valence-corrected chi connectivity index (χ2v) is 5.82. The first-order valence-corrected chi connectivity index (χ1v) is 7.62. The summed E-state index contributed by atoms with van der Waals surface area (Å²) in [7, 11) is 0. The Morgan fingerprint density at radius 3 is 2.50 bits per heavy atom. The molecule has 2 N–H and O–H groups in total. The van der Waals surface area contributed by atoms with Gasteiger partial charge in [0.15, 0.2) is 0 Å². The SMILES string of the molecule is NC(=O)Cn1c(=O)n(C2CCCCC2)c(=O)c2ccccc21. The third-order valence-electron chi connectivity index (χ3n) is 4.33. The van der Waals surface area contributed by atoms with Gasteiger partial charge in [0.2, 0.25) is 5.91 Å². The molecule has 22 heavy (non-hydrogen) atoms. The summed E-state index contributed by atoms with van der Waals surface area (Å²) in [5.41, 5.74) is 5.02. The van der Waals surface area contributed by atoms with E-state index in [0.717, 1.165) is 32.1 Å². The fraction of sp³-hybridized carbons (Fsp3) is 0.438. The van der Waals surface area contributed by atoms with Crippen molar-refractivity contribution in [2.75, 3.05) is 0 Å². The molecule has 6 heteroatoms. The first-order valence-electron chi connectivity index (χ1n) is 7.62. The quantitative estimate of drug-likeness (QED) is 0.922. The highest BCUT2D eigenvalue weighted by Gasteiger charge is 2.22. The first kappa shape index (κ1) is 14.6. The number of primary amides is 1. The molecular weight excluding hydrogens is 282 g/mol. The molecule has 1 amide bonds. The third-order valence-corrected chi connectivity index (χ3v) is 4.33. The zero-order valence-corrected chi connectivity index (χ0v) is 12.3. The van der Waals surface area contributed by atoms with Gasteiger partial charge in [0.05, 0.1) is 10.9 Å². The smallest absolute Gasteiger partial charge is 0.332 e. The van der Waals surface area contributed by atoms with Gasteiger partial charge in [-0.3, -0.25) is 18.7 Å². The average Bonchev–Trinajstić information content (AvgIpc) is 2.52. The summed E-state index contributed by atoms with van der Waals surface area (Å²) < 4.78 is 2.64. The molecule has 0 atom stereocenters. The van der Waals surface area contributed by atoms with Gasteiger partial charge in [-0.15, -0.1) is 0 Å². The van der Waals surface area contributed by atoms with Gasteiger partial charge in [0, 0.05) is 6.04 Å². The Balaban J connectivity index is 2.30. The summed E-state index contributed by atoms with van der Waals surface area (Å²) in [6.45, 7) is -0.216. The monoisotopic (exact) mass is 301 g/mol. The molecule has 1 aliphatic carbocycles. The summed E-state index contributed by atoms with van der Waals surface area (Å²) in [6, 6.07) is 6.77. The maximum absolute atomic E-state index is 12.8. The number of carbonyl (C=O) groups is 1. The first-order chi connectivity index (χ1) is 10.6. The molecule has 1 aromatic heterocycles. The predicted octanol–water partition coefficient (Wildman–Crippen LogP) is 1.15. The summed E-state index contributed by atoms with van der Waals surface area (Å²) in [4.78, 5) is 36.8. The number of fused-ring (bicyclic) bond motifs is 1. The highest BCUT2D eigenvalue weighted by atomic mass is 16.2. The van der Waals surface area contributed by atoms with E-state index in [9.17, 15) is 14.4 Å². The van der Waals surface area contributed by atoms with E-state index in [-0.39, 0.29) is 18.1 Å². The second-order valence-electron chi connectivity index (χ2n) is 5.82. The van der Waals surface area contributed by atoms with Crippen molar-refractivity contribution >= 4 is 16.8 Å². The second kappa shape index (κ2) is 5.79. The number of aromatic nitrogens is 2. The number of hydrogen-bond acceptors (Lipinski definition) is 3. The van der Waals surface area contributed by atoms with Crippen molar-refractivity contribution in [2.45, 2.75) is 44.7 Å². The van der Waals surface area contributed by atoms with E-state index in [0.29, 0.717) is 10.9 Å². The Labute approximate surface area is 127 Å². The molecule has 0 spiro atoms. The summed E-state index contributed by atoms with van der Waals surface area (Å²) in [5, 5.41) is 0.453. The van der Waals surface area contributed by atoms with Gasteiger partial charge in [-0.05, 0) is 25.0 Å². The Hall–Kier alpha value is -2.37. The van der Waals surface area contributed by atoms with Crippen LogP contribution in [-0.2, 0) is 11.3 Å². The van der Waals surface area contributed by atoms with Gasteiger partial charge in [-0.25, -0.2) is 4.79 Å². The van der Waals surface area contributed by atoms with Crippen LogP contribution in [0.1, 0.15) is 38.1 Å². The van der Waals surface area contributed by atoms with Crippen molar-refractivity contribution in [2.24, 2.45) is 5.73 Å². The van der Waals surface area contributed by atoms with E-state index in [2.05, 4.69) is 0 Å². The Morgan fingerprint density at radius 1 is 1.14 bits per heavy atom. The minimum atomic E-state index is -0.596. The predicted molar refractivity (Wildman–Crippen MR) is 83.8 cm³/mol. The topological polar surface area (TPSA) is 87.1 Å². The lowest BCUT2D eigenvalue weighted by molar-refractivity contribution is -0.118. The highest BCUT2D eigenvalue weighted by molar-refractivity contribution is 5.80. The van der Waals surface area contributed by atoms with Gasteiger partial charge >= 0.3 is 5.69 Å². The van der Waals surface area contributed by atoms with Crippen LogP contribution in [0.2, 0.25) is 0 Å². The van der Waals surface area contributed by atoms with Gasteiger partial charge in [-0.1, -0.05) is 31.4 Å². The minimum Gasteiger partial charge on any atom is -0.368 e. The molecule has 0 saturated heterocycles. The van der Waals surface area contributed by atoms with Gasteiger partial charge < -0.3 is 5.73 Å². The molecule has 3 rings (SSSR count). The van der Waals surface area contributed by atoms with Crippen LogP contribution in [0, 0.1) is 0 Å². The fourth-order valence-electron chi connectivity index (χ4n) is 3.31.